The van der Waals surface area contributed by atoms with Crippen molar-refractivity contribution in [3.8, 4) is 0 Å². The van der Waals surface area contributed by atoms with Gasteiger partial charge in [-0.15, -0.1) is 23.1 Å². The number of Topliss-reactive ketones (excluding diaryl/α,β-unsaturated/α-hetero) is 2. The zero-order chi connectivity index (χ0) is 19.0. The Kier molecular flexibility index (Phi) is 3.40. The highest BCUT2D eigenvalue weighted by Crippen LogP contribution is 2.63. The normalized spacial score (nSPS) is 32.4. The van der Waals surface area contributed by atoms with Crippen molar-refractivity contribution < 1.29 is 9.59 Å². The number of fused-ring (bicyclic) bond motifs is 1. The lowest BCUT2D eigenvalue weighted by Crippen LogP contribution is -2.49. The number of thiophene rings is 1. The largest absolute Gasteiger partial charge is 0.290 e. The Morgan fingerprint density at radius 3 is 2.75 bits per heavy atom. The molecule has 2 nitrogen and oxygen atoms in total. The molecule has 4 unspecified atom stereocenters. The van der Waals surface area contributed by atoms with Crippen LogP contribution in [0.4, 0.5) is 0 Å². The lowest BCUT2D eigenvalue weighted by atomic mass is 9.52. The highest BCUT2D eigenvalue weighted by atomic mass is 32.2. The Labute approximate surface area is 172 Å². The van der Waals surface area contributed by atoms with Gasteiger partial charge in [-0.1, -0.05) is 49.4 Å². The minimum absolute atomic E-state index is 0.213. The molecule has 1 aromatic carbocycles. The van der Waals surface area contributed by atoms with Gasteiger partial charge in [0.2, 0.25) is 11.6 Å². The van der Waals surface area contributed by atoms with Crippen LogP contribution in [-0.4, -0.2) is 11.6 Å². The minimum Gasteiger partial charge on any atom is -0.290 e. The zero-order valence-electron chi connectivity index (χ0n) is 15.3. The molecule has 0 radical (unpaired) electrons. The monoisotopic (exact) mass is 402 g/mol. The van der Waals surface area contributed by atoms with Gasteiger partial charge in [-0.2, -0.15) is 0 Å². The molecule has 138 valence electrons. The summed E-state index contributed by atoms with van der Waals surface area (Å²) in [5.74, 6) is -1.26. The van der Waals surface area contributed by atoms with Crippen LogP contribution in [-0.2, 0) is 9.59 Å². The van der Waals surface area contributed by atoms with Gasteiger partial charge in [-0.05, 0) is 51.1 Å². The molecule has 4 aliphatic carbocycles. The summed E-state index contributed by atoms with van der Waals surface area (Å²) in [5.41, 5.74) is 5.22. The van der Waals surface area contributed by atoms with Crippen molar-refractivity contribution in [3.63, 3.8) is 0 Å². The van der Waals surface area contributed by atoms with Crippen LogP contribution in [0.3, 0.4) is 0 Å². The van der Waals surface area contributed by atoms with Crippen LogP contribution in [0.1, 0.15) is 52.0 Å². The van der Waals surface area contributed by atoms with Gasteiger partial charge in [0.05, 0.1) is 11.8 Å². The average Bonchev–Trinajstić information content (AvgIpc) is 3.44. The SMILES string of the molecule is CC12C=C(c3cccs3)C=C1C1C(=O)C(=O)C2c2cc(C3CC=CS3)ccc21. The summed E-state index contributed by atoms with van der Waals surface area (Å²) < 4.78 is 0. The van der Waals surface area contributed by atoms with Crippen molar-refractivity contribution in [3.05, 3.63) is 86.5 Å². The topological polar surface area (TPSA) is 34.1 Å². The van der Waals surface area contributed by atoms with Crippen LogP contribution in [0, 0.1) is 5.41 Å². The summed E-state index contributed by atoms with van der Waals surface area (Å²) in [6, 6.07) is 10.6. The van der Waals surface area contributed by atoms with Crippen LogP contribution in [0.25, 0.3) is 5.57 Å². The summed E-state index contributed by atoms with van der Waals surface area (Å²) in [7, 11) is 0. The predicted octanol–water partition coefficient (Wildman–Crippen LogP) is 5.80. The first kappa shape index (κ1) is 16.8. The van der Waals surface area contributed by atoms with Crippen molar-refractivity contribution in [2.45, 2.75) is 30.4 Å². The van der Waals surface area contributed by atoms with Crippen molar-refractivity contribution in [2.24, 2.45) is 5.41 Å². The molecule has 5 aliphatic rings. The highest BCUT2D eigenvalue weighted by molar-refractivity contribution is 8.02. The molecule has 0 amide bonds. The summed E-state index contributed by atoms with van der Waals surface area (Å²) >= 11 is 3.53. The fourth-order valence-corrected chi connectivity index (χ4v) is 7.03. The third-order valence-electron chi connectivity index (χ3n) is 6.67. The van der Waals surface area contributed by atoms with E-state index >= 15 is 0 Å². The van der Waals surface area contributed by atoms with E-state index in [1.54, 1.807) is 11.3 Å². The molecule has 1 aliphatic heterocycles. The molecule has 0 saturated heterocycles. The maximum absolute atomic E-state index is 13.1. The van der Waals surface area contributed by atoms with Crippen LogP contribution >= 0.6 is 23.1 Å². The third kappa shape index (κ3) is 2.05. The number of hydrogen-bond acceptors (Lipinski definition) is 4. The first-order valence-corrected chi connectivity index (χ1v) is 11.4. The number of thioether (sulfide) groups is 1. The second kappa shape index (κ2) is 5.68. The van der Waals surface area contributed by atoms with E-state index in [-0.39, 0.29) is 11.6 Å². The summed E-state index contributed by atoms with van der Waals surface area (Å²) in [6.45, 7) is 2.14. The first-order valence-electron chi connectivity index (χ1n) is 9.59. The van der Waals surface area contributed by atoms with Gasteiger partial charge in [0, 0.05) is 15.5 Å². The van der Waals surface area contributed by atoms with E-state index in [9.17, 15) is 9.59 Å². The fraction of sp³-hybridized carbons (Fsp3) is 0.250. The molecule has 4 atom stereocenters. The van der Waals surface area contributed by atoms with E-state index in [2.05, 4.69) is 60.2 Å². The predicted molar refractivity (Wildman–Crippen MR) is 115 cm³/mol. The smallest absolute Gasteiger partial charge is 0.210 e. The number of rotatable bonds is 2. The first-order chi connectivity index (χ1) is 13.6. The number of ketones is 2. The second-order valence-corrected chi connectivity index (χ2v) is 10.2. The molecule has 2 aromatic rings. The van der Waals surface area contributed by atoms with Gasteiger partial charge < -0.3 is 0 Å². The molecule has 7 rings (SSSR count). The Bertz CT molecular complexity index is 1130. The van der Waals surface area contributed by atoms with E-state index in [1.165, 1.54) is 10.4 Å². The molecular weight excluding hydrogens is 384 g/mol. The number of allylic oxidation sites excluding steroid dienone is 5. The molecule has 2 heterocycles. The van der Waals surface area contributed by atoms with Crippen molar-refractivity contribution in [2.75, 3.05) is 0 Å². The van der Waals surface area contributed by atoms with Crippen molar-refractivity contribution in [1.29, 1.82) is 0 Å². The van der Waals surface area contributed by atoms with Crippen molar-refractivity contribution >= 4 is 40.2 Å². The highest BCUT2D eigenvalue weighted by Gasteiger charge is 2.60. The fourth-order valence-electron chi connectivity index (χ4n) is 5.38. The van der Waals surface area contributed by atoms with Gasteiger partial charge in [0.25, 0.3) is 0 Å². The molecular formula is C24H18O2S2. The summed E-state index contributed by atoms with van der Waals surface area (Å²) in [4.78, 5) is 27.2. The van der Waals surface area contributed by atoms with E-state index in [1.807, 2.05) is 17.8 Å². The third-order valence-corrected chi connectivity index (χ3v) is 8.73. The van der Waals surface area contributed by atoms with E-state index < -0.39 is 17.3 Å². The number of carbonyl (C=O) groups is 2. The molecule has 1 aromatic heterocycles. The molecule has 2 bridgehead atoms. The van der Waals surface area contributed by atoms with E-state index in [4.69, 9.17) is 0 Å². The molecule has 28 heavy (non-hydrogen) atoms. The maximum Gasteiger partial charge on any atom is 0.210 e. The molecule has 4 heteroatoms. The molecule has 0 N–H and O–H groups in total. The molecule has 0 spiro atoms. The van der Waals surface area contributed by atoms with Crippen LogP contribution in [0.15, 0.2) is 64.9 Å². The number of hydrogen-bond donors (Lipinski definition) is 0. The van der Waals surface area contributed by atoms with Crippen LogP contribution < -0.4 is 0 Å². The second-order valence-electron chi connectivity index (χ2n) is 8.17. The lowest BCUT2D eigenvalue weighted by molar-refractivity contribution is -0.141. The molecule has 1 fully saturated rings. The average molecular weight is 403 g/mol. The van der Waals surface area contributed by atoms with Gasteiger partial charge >= 0.3 is 0 Å². The molecule has 1 saturated carbocycles. The van der Waals surface area contributed by atoms with Gasteiger partial charge in [-0.3, -0.25) is 9.59 Å². The summed E-state index contributed by atoms with van der Waals surface area (Å²) in [6.07, 6.45) is 7.62. The minimum atomic E-state index is -0.422. The number of carbonyl (C=O) groups excluding carboxylic acids is 2. The Morgan fingerprint density at radius 1 is 1.11 bits per heavy atom. The van der Waals surface area contributed by atoms with Crippen LogP contribution in [0.2, 0.25) is 0 Å². The quantitative estimate of drug-likeness (QED) is 0.595. The Hall–Kier alpha value is -2.17. The lowest BCUT2D eigenvalue weighted by Gasteiger charge is -2.48. The maximum atomic E-state index is 13.1. The standard InChI is InChI=1S/C24H18O2S2/c1-24-12-14(19-5-3-9-28-19)11-17(24)20-15-7-6-13(18-4-2-8-27-18)10-16(15)21(24)23(26)22(20)25/h2-3,5-12,18,20-21H,4H2,1H3. The van der Waals surface area contributed by atoms with Crippen LogP contribution in [0.5, 0.6) is 0 Å². The van der Waals surface area contributed by atoms with Crippen molar-refractivity contribution in [1.82, 2.24) is 0 Å². The zero-order valence-corrected chi connectivity index (χ0v) is 17.0. The number of benzene rings is 1. The summed E-state index contributed by atoms with van der Waals surface area (Å²) in [5, 5.41) is 4.64. The Morgan fingerprint density at radius 2 is 2.00 bits per heavy atom. The van der Waals surface area contributed by atoms with E-state index in [0.29, 0.717) is 5.25 Å². The van der Waals surface area contributed by atoms with Gasteiger partial charge in [0.1, 0.15) is 0 Å². The van der Waals surface area contributed by atoms with E-state index in [0.717, 1.165) is 28.7 Å². The Balaban J connectivity index is 1.54. The van der Waals surface area contributed by atoms with Gasteiger partial charge in [-0.25, -0.2) is 0 Å². The van der Waals surface area contributed by atoms with Gasteiger partial charge in [0.15, 0.2) is 0 Å².